The maximum absolute atomic E-state index is 5.91. The minimum Gasteiger partial charge on any atom is -0.459 e. The Labute approximate surface area is 127 Å². The summed E-state index contributed by atoms with van der Waals surface area (Å²) in [5, 5.41) is 4.67. The first-order valence-corrected chi connectivity index (χ1v) is 7.89. The fourth-order valence-corrected chi connectivity index (χ4v) is 3.09. The molecular formula is C16H20BrNO2. The van der Waals surface area contributed by atoms with E-state index in [2.05, 4.69) is 40.3 Å². The molecule has 20 heavy (non-hydrogen) atoms. The quantitative estimate of drug-likeness (QED) is 0.877. The van der Waals surface area contributed by atoms with Crippen molar-refractivity contribution in [2.24, 2.45) is 0 Å². The summed E-state index contributed by atoms with van der Waals surface area (Å²) in [6, 6.07) is 8.38. The van der Waals surface area contributed by atoms with E-state index >= 15 is 0 Å². The van der Waals surface area contributed by atoms with Gasteiger partial charge in [-0.25, -0.2) is 0 Å². The summed E-state index contributed by atoms with van der Waals surface area (Å²) in [5.41, 5.74) is 0.977. The second-order valence-electron chi connectivity index (χ2n) is 5.67. The number of halogens is 1. The monoisotopic (exact) mass is 337 g/mol. The molecule has 0 spiro atoms. The maximum atomic E-state index is 5.91. The number of rotatable bonds is 5. The van der Waals surface area contributed by atoms with Crippen LogP contribution in [0, 0.1) is 0 Å². The van der Waals surface area contributed by atoms with Gasteiger partial charge in [0.2, 0.25) is 0 Å². The van der Waals surface area contributed by atoms with Crippen molar-refractivity contribution >= 4 is 26.9 Å². The predicted molar refractivity (Wildman–Crippen MR) is 83.9 cm³/mol. The highest BCUT2D eigenvalue weighted by molar-refractivity contribution is 9.10. The van der Waals surface area contributed by atoms with Crippen LogP contribution in [-0.2, 0) is 4.74 Å². The lowest BCUT2D eigenvalue weighted by molar-refractivity contribution is -0.0709. The van der Waals surface area contributed by atoms with Crippen LogP contribution >= 0.6 is 15.9 Å². The Bertz CT molecular complexity index is 598. The summed E-state index contributed by atoms with van der Waals surface area (Å²) in [4.78, 5) is 0. The van der Waals surface area contributed by atoms with Crippen LogP contribution in [0.25, 0.3) is 11.0 Å². The predicted octanol–water partition coefficient (Wildman–Crippen LogP) is 4.42. The third-order valence-electron chi connectivity index (χ3n) is 4.35. The summed E-state index contributed by atoms with van der Waals surface area (Å²) < 4.78 is 12.6. The molecule has 1 aromatic heterocycles. The lowest BCUT2D eigenvalue weighted by Crippen LogP contribution is -2.48. The fraction of sp³-hybridized carbons (Fsp3) is 0.500. The number of ether oxygens (including phenoxy) is 1. The molecule has 1 unspecified atom stereocenters. The van der Waals surface area contributed by atoms with Crippen LogP contribution in [-0.4, -0.2) is 19.3 Å². The Morgan fingerprint density at radius 3 is 2.85 bits per heavy atom. The van der Waals surface area contributed by atoms with Crippen molar-refractivity contribution in [2.45, 2.75) is 37.8 Å². The molecule has 0 radical (unpaired) electrons. The molecule has 3 nitrogen and oxygen atoms in total. The molecule has 0 amide bonds. The van der Waals surface area contributed by atoms with Crippen LogP contribution in [0.3, 0.4) is 0 Å². The van der Waals surface area contributed by atoms with Crippen molar-refractivity contribution in [2.75, 3.05) is 13.7 Å². The minimum absolute atomic E-state index is 0.0449. The summed E-state index contributed by atoms with van der Waals surface area (Å²) in [5.74, 6) is 0.976. The zero-order chi connectivity index (χ0) is 14.2. The van der Waals surface area contributed by atoms with E-state index in [1.807, 2.05) is 19.2 Å². The molecular weight excluding hydrogens is 318 g/mol. The van der Waals surface area contributed by atoms with E-state index in [1.54, 1.807) is 0 Å². The Hall–Kier alpha value is -0.840. The van der Waals surface area contributed by atoms with E-state index in [4.69, 9.17) is 9.15 Å². The molecule has 1 N–H and O–H groups in total. The van der Waals surface area contributed by atoms with E-state index in [1.165, 1.54) is 6.42 Å². The van der Waals surface area contributed by atoms with Crippen molar-refractivity contribution in [1.29, 1.82) is 0 Å². The van der Waals surface area contributed by atoms with Gasteiger partial charge in [0.05, 0.1) is 11.6 Å². The second-order valence-corrected chi connectivity index (χ2v) is 6.59. The SMILES string of the molecule is COC1(CNC(C)c2cc3cc(Br)ccc3o2)CCC1. The number of furan rings is 1. The van der Waals surface area contributed by atoms with E-state index < -0.39 is 0 Å². The Kier molecular flexibility index (Phi) is 3.89. The number of methoxy groups -OCH3 is 1. The summed E-state index contributed by atoms with van der Waals surface area (Å²) >= 11 is 3.49. The molecule has 1 atom stereocenters. The third-order valence-corrected chi connectivity index (χ3v) is 4.85. The molecule has 2 aromatic rings. The molecule has 1 heterocycles. The third kappa shape index (κ3) is 2.65. The second kappa shape index (κ2) is 5.51. The molecule has 0 bridgehead atoms. The van der Waals surface area contributed by atoms with E-state index in [9.17, 15) is 0 Å². The molecule has 1 saturated carbocycles. The smallest absolute Gasteiger partial charge is 0.134 e. The first-order chi connectivity index (χ1) is 9.62. The van der Waals surface area contributed by atoms with Crippen molar-refractivity contribution in [1.82, 2.24) is 5.32 Å². The number of fused-ring (bicyclic) bond motifs is 1. The average molecular weight is 338 g/mol. The van der Waals surface area contributed by atoms with Crippen LogP contribution < -0.4 is 5.32 Å². The van der Waals surface area contributed by atoms with Crippen LogP contribution in [0.4, 0.5) is 0 Å². The molecule has 1 aromatic carbocycles. The van der Waals surface area contributed by atoms with Crippen molar-refractivity contribution in [3.8, 4) is 0 Å². The van der Waals surface area contributed by atoms with Gasteiger partial charge in [-0.1, -0.05) is 15.9 Å². The number of hydrogen-bond acceptors (Lipinski definition) is 3. The normalized spacial score (nSPS) is 18.9. The van der Waals surface area contributed by atoms with Gasteiger partial charge < -0.3 is 14.5 Å². The van der Waals surface area contributed by atoms with Gasteiger partial charge in [-0.3, -0.25) is 0 Å². The zero-order valence-corrected chi connectivity index (χ0v) is 13.5. The molecule has 4 heteroatoms. The maximum Gasteiger partial charge on any atom is 0.134 e. The highest BCUT2D eigenvalue weighted by Crippen LogP contribution is 2.35. The highest BCUT2D eigenvalue weighted by atomic mass is 79.9. The molecule has 1 fully saturated rings. The van der Waals surface area contributed by atoms with Gasteiger partial charge in [-0.15, -0.1) is 0 Å². The van der Waals surface area contributed by atoms with Gasteiger partial charge in [0.15, 0.2) is 0 Å². The van der Waals surface area contributed by atoms with Crippen molar-refractivity contribution in [3.05, 3.63) is 34.5 Å². The first-order valence-electron chi connectivity index (χ1n) is 7.09. The Morgan fingerprint density at radius 1 is 1.40 bits per heavy atom. The molecule has 0 aliphatic heterocycles. The van der Waals surface area contributed by atoms with Crippen LogP contribution in [0.15, 0.2) is 33.2 Å². The molecule has 0 saturated heterocycles. The summed E-state index contributed by atoms with van der Waals surface area (Å²) in [6.07, 6.45) is 3.56. The van der Waals surface area contributed by atoms with Gasteiger partial charge in [0, 0.05) is 23.5 Å². The number of nitrogens with one attached hydrogen (secondary N) is 1. The van der Waals surface area contributed by atoms with Crippen LogP contribution in [0.1, 0.15) is 38.0 Å². The van der Waals surface area contributed by atoms with Gasteiger partial charge >= 0.3 is 0 Å². The van der Waals surface area contributed by atoms with Crippen LogP contribution in [0.5, 0.6) is 0 Å². The van der Waals surface area contributed by atoms with Gasteiger partial charge in [-0.2, -0.15) is 0 Å². The largest absolute Gasteiger partial charge is 0.459 e. The standard InChI is InChI=1S/C16H20BrNO2/c1-11(18-10-16(19-2)6-3-7-16)15-9-12-8-13(17)4-5-14(12)20-15/h4-5,8-9,11,18H,3,6-7,10H2,1-2H3. The van der Waals surface area contributed by atoms with Crippen molar-refractivity contribution in [3.63, 3.8) is 0 Å². The highest BCUT2D eigenvalue weighted by Gasteiger charge is 2.37. The van der Waals surface area contributed by atoms with Gasteiger partial charge in [-0.05, 0) is 50.5 Å². The van der Waals surface area contributed by atoms with E-state index in [0.717, 1.165) is 40.6 Å². The summed E-state index contributed by atoms with van der Waals surface area (Å²) in [6.45, 7) is 3.01. The molecule has 1 aliphatic rings. The van der Waals surface area contributed by atoms with Gasteiger partial charge in [0.25, 0.3) is 0 Å². The Morgan fingerprint density at radius 2 is 2.20 bits per heavy atom. The molecule has 1 aliphatic carbocycles. The number of hydrogen-bond donors (Lipinski definition) is 1. The average Bonchev–Trinajstić information content (AvgIpc) is 2.80. The molecule has 108 valence electrons. The molecule has 3 rings (SSSR count). The fourth-order valence-electron chi connectivity index (χ4n) is 2.71. The lowest BCUT2D eigenvalue weighted by atomic mass is 9.80. The van der Waals surface area contributed by atoms with E-state index in [0.29, 0.717) is 0 Å². The zero-order valence-electron chi connectivity index (χ0n) is 11.9. The lowest BCUT2D eigenvalue weighted by Gasteiger charge is -2.41. The summed E-state index contributed by atoms with van der Waals surface area (Å²) in [7, 11) is 1.81. The van der Waals surface area contributed by atoms with Crippen LogP contribution in [0.2, 0.25) is 0 Å². The van der Waals surface area contributed by atoms with Crippen molar-refractivity contribution < 1.29 is 9.15 Å². The van der Waals surface area contributed by atoms with Gasteiger partial charge in [0.1, 0.15) is 11.3 Å². The topological polar surface area (TPSA) is 34.4 Å². The minimum atomic E-state index is 0.0449. The number of benzene rings is 1. The Balaban J connectivity index is 1.70. The first kappa shape index (κ1) is 14.1. The van der Waals surface area contributed by atoms with E-state index in [-0.39, 0.29) is 11.6 Å².